The topological polar surface area (TPSA) is 26.0 Å². The van der Waals surface area contributed by atoms with Gasteiger partial charge < -0.3 is 5.73 Å². The Morgan fingerprint density at radius 2 is 1.45 bits per heavy atom. The average molecular weight is 279 g/mol. The Balaban J connectivity index is 2.03. The monoisotopic (exact) mass is 279 g/mol. The minimum absolute atomic E-state index is 0.194. The van der Waals surface area contributed by atoms with Gasteiger partial charge in [0.05, 0.1) is 5.56 Å². The van der Waals surface area contributed by atoms with Gasteiger partial charge in [0, 0.05) is 6.04 Å². The number of hydrogen-bond donors (Lipinski definition) is 1. The molecule has 0 fully saturated rings. The first-order valence-electron chi connectivity index (χ1n) is 6.41. The van der Waals surface area contributed by atoms with E-state index in [0.717, 1.165) is 11.6 Å². The molecule has 0 saturated heterocycles. The summed E-state index contributed by atoms with van der Waals surface area (Å²) in [5.41, 5.74) is 7.10. The maximum absolute atomic E-state index is 12.6. The van der Waals surface area contributed by atoms with Crippen LogP contribution in [0.5, 0.6) is 0 Å². The molecule has 2 aromatic carbocycles. The van der Waals surface area contributed by atoms with E-state index in [1.54, 1.807) is 6.07 Å². The van der Waals surface area contributed by atoms with Crippen LogP contribution in [0.3, 0.4) is 0 Å². The van der Waals surface area contributed by atoms with E-state index in [1.807, 2.05) is 30.3 Å². The average Bonchev–Trinajstić information content (AvgIpc) is 2.39. The normalized spacial score (nSPS) is 13.2. The van der Waals surface area contributed by atoms with Crippen molar-refractivity contribution in [1.82, 2.24) is 0 Å². The summed E-state index contributed by atoms with van der Waals surface area (Å²) in [7, 11) is 0. The summed E-state index contributed by atoms with van der Waals surface area (Å²) in [6.07, 6.45) is -3.23. The first-order chi connectivity index (χ1) is 9.45. The van der Waals surface area contributed by atoms with Gasteiger partial charge in [-0.2, -0.15) is 13.2 Å². The predicted molar refractivity (Wildman–Crippen MR) is 73.3 cm³/mol. The Hall–Kier alpha value is -1.81. The smallest absolute Gasteiger partial charge is 0.327 e. The van der Waals surface area contributed by atoms with Crippen molar-refractivity contribution in [2.24, 2.45) is 5.73 Å². The molecule has 2 N–H and O–H groups in total. The lowest BCUT2D eigenvalue weighted by Gasteiger charge is -2.13. The van der Waals surface area contributed by atoms with Gasteiger partial charge in [0.15, 0.2) is 0 Å². The summed E-state index contributed by atoms with van der Waals surface area (Å²) < 4.78 is 37.9. The van der Waals surface area contributed by atoms with Gasteiger partial charge in [-0.05, 0) is 30.0 Å². The Morgan fingerprint density at radius 3 is 2.10 bits per heavy atom. The van der Waals surface area contributed by atoms with Crippen molar-refractivity contribution in [1.29, 1.82) is 0 Å². The molecule has 0 aliphatic rings. The number of hydrogen-bond acceptors (Lipinski definition) is 1. The van der Waals surface area contributed by atoms with Crippen LogP contribution in [0.2, 0.25) is 0 Å². The fraction of sp³-hybridized carbons (Fsp3) is 0.250. The van der Waals surface area contributed by atoms with E-state index in [0.29, 0.717) is 18.4 Å². The molecule has 4 heteroatoms. The van der Waals surface area contributed by atoms with Gasteiger partial charge in [-0.15, -0.1) is 0 Å². The number of rotatable bonds is 4. The lowest BCUT2D eigenvalue weighted by molar-refractivity contribution is -0.137. The van der Waals surface area contributed by atoms with Crippen LogP contribution in [0.1, 0.15) is 16.7 Å². The highest BCUT2D eigenvalue weighted by Crippen LogP contribution is 2.29. The van der Waals surface area contributed by atoms with Crippen LogP contribution in [0.15, 0.2) is 54.6 Å². The summed E-state index contributed by atoms with van der Waals surface area (Å²) in [4.78, 5) is 0. The highest BCUT2D eigenvalue weighted by Gasteiger charge is 2.30. The first kappa shape index (κ1) is 14.6. The molecule has 0 heterocycles. The molecule has 0 aliphatic heterocycles. The second-order valence-electron chi connectivity index (χ2n) is 4.85. The van der Waals surface area contributed by atoms with Crippen LogP contribution in [-0.4, -0.2) is 6.04 Å². The quantitative estimate of drug-likeness (QED) is 0.904. The van der Waals surface area contributed by atoms with E-state index >= 15 is 0 Å². The van der Waals surface area contributed by atoms with Gasteiger partial charge in [0.2, 0.25) is 0 Å². The van der Waals surface area contributed by atoms with Crippen molar-refractivity contribution >= 4 is 0 Å². The Labute approximate surface area is 116 Å². The molecule has 1 unspecified atom stereocenters. The standard InChI is InChI=1S/C16H16F3N/c17-16(18,19)14-8-4-7-13(9-14)11-15(20)10-12-5-2-1-3-6-12/h1-9,15H,10-11,20H2. The van der Waals surface area contributed by atoms with Crippen molar-refractivity contribution < 1.29 is 13.2 Å². The fourth-order valence-corrected chi connectivity index (χ4v) is 2.17. The van der Waals surface area contributed by atoms with Crippen LogP contribution in [0.25, 0.3) is 0 Å². The molecule has 0 radical (unpaired) electrons. The summed E-state index contributed by atoms with van der Waals surface area (Å²) >= 11 is 0. The zero-order chi connectivity index (χ0) is 14.6. The van der Waals surface area contributed by atoms with Crippen molar-refractivity contribution in [3.63, 3.8) is 0 Å². The molecule has 0 aromatic heterocycles. The number of nitrogens with two attached hydrogens (primary N) is 1. The third-order valence-electron chi connectivity index (χ3n) is 3.09. The third kappa shape index (κ3) is 4.10. The first-order valence-corrected chi connectivity index (χ1v) is 6.41. The minimum Gasteiger partial charge on any atom is -0.327 e. The Kier molecular flexibility index (Phi) is 4.45. The SMILES string of the molecule is NC(Cc1ccccc1)Cc1cccc(C(F)(F)F)c1. The van der Waals surface area contributed by atoms with Gasteiger partial charge >= 0.3 is 6.18 Å². The van der Waals surface area contributed by atoms with Crippen molar-refractivity contribution in [3.8, 4) is 0 Å². The van der Waals surface area contributed by atoms with Crippen molar-refractivity contribution in [2.75, 3.05) is 0 Å². The highest BCUT2D eigenvalue weighted by molar-refractivity contribution is 5.26. The van der Waals surface area contributed by atoms with Crippen LogP contribution < -0.4 is 5.73 Å². The largest absolute Gasteiger partial charge is 0.416 e. The molecule has 0 amide bonds. The molecular formula is C16H16F3N. The zero-order valence-corrected chi connectivity index (χ0v) is 10.9. The summed E-state index contributed by atoms with van der Waals surface area (Å²) in [6, 6.07) is 14.9. The summed E-state index contributed by atoms with van der Waals surface area (Å²) in [6.45, 7) is 0. The molecule has 0 spiro atoms. The van der Waals surface area contributed by atoms with Crippen molar-refractivity contribution in [3.05, 3.63) is 71.3 Å². The molecule has 106 valence electrons. The van der Waals surface area contributed by atoms with E-state index in [4.69, 9.17) is 5.73 Å². The van der Waals surface area contributed by atoms with E-state index in [2.05, 4.69) is 0 Å². The van der Waals surface area contributed by atoms with Crippen LogP contribution >= 0.6 is 0 Å². The fourth-order valence-electron chi connectivity index (χ4n) is 2.17. The van der Waals surface area contributed by atoms with Gasteiger partial charge in [-0.25, -0.2) is 0 Å². The van der Waals surface area contributed by atoms with Gasteiger partial charge in [-0.1, -0.05) is 48.5 Å². The molecule has 0 saturated carbocycles. The van der Waals surface area contributed by atoms with Gasteiger partial charge in [-0.3, -0.25) is 0 Å². The van der Waals surface area contributed by atoms with Crippen LogP contribution in [-0.2, 0) is 19.0 Å². The summed E-state index contributed by atoms with van der Waals surface area (Å²) in [5, 5.41) is 0. The Bertz CT molecular complexity index is 549. The molecule has 2 rings (SSSR count). The van der Waals surface area contributed by atoms with Crippen LogP contribution in [0.4, 0.5) is 13.2 Å². The highest BCUT2D eigenvalue weighted by atomic mass is 19.4. The van der Waals surface area contributed by atoms with Gasteiger partial charge in [0.1, 0.15) is 0 Å². The van der Waals surface area contributed by atoms with E-state index in [1.165, 1.54) is 12.1 Å². The maximum Gasteiger partial charge on any atom is 0.416 e. The van der Waals surface area contributed by atoms with E-state index in [-0.39, 0.29) is 6.04 Å². The second-order valence-corrected chi connectivity index (χ2v) is 4.85. The zero-order valence-electron chi connectivity index (χ0n) is 10.9. The number of benzene rings is 2. The third-order valence-corrected chi connectivity index (χ3v) is 3.09. The number of alkyl halides is 3. The van der Waals surface area contributed by atoms with Crippen molar-refractivity contribution in [2.45, 2.75) is 25.1 Å². The number of halogens is 3. The molecular weight excluding hydrogens is 263 g/mol. The van der Waals surface area contributed by atoms with Crippen LogP contribution in [0, 0.1) is 0 Å². The molecule has 1 atom stereocenters. The second kappa shape index (κ2) is 6.09. The van der Waals surface area contributed by atoms with Gasteiger partial charge in [0.25, 0.3) is 0 Å². The summed E-state index contributed by atoms with van der Waals surface area (Å²) in [5.74, 6) is 0. The maximum atomic E-state index is 12.6. The lowest BCUT2D eigenvalue weighted by atomic mass is 9.98. The molecule has 20 heavy (non-hydrogen) atoms. The van der Waals surface area contributed by atoms with E-state index in [9.17, 15) is 13.2 Å². The minimum atomic E-state index is -4.31. The molecule has 2 aromatic rings. The predicted octanol–water partition coefficient (Wildman–Crippen LogP) is 3.82. The lowest BCUT2D eigenvalue weighted by Crippen LogP contribution is -2.25. The van der Waals surface area contributed by atoms with E-state index < -0.39 is 11.7 Å². The molecule has 0 aliphatic carbocycles. The Morgan fingerprint density at radius 1 is 0.850 bits per heavy atom. The molecule has 0 bridgehead atoms. The molecule has 1 nitrogen and oxygen atoms in total.